The first-order valence-corrected chi connectivity index (χ1v) is 5.67. The molecule has 0 spiro atoms. The lowest BCUT2D eigenvalue weighted by Gasteiger charge is -2.26. The number of carboxylic acid groups (broad SMARTS) is 1. The molecule has 0 aliphatic heterocycles. The van der Waals surface area contributed by atoms with E-state index in [1.807, 2.05) is 6.92 Å². The van der Waals surface area contributed by atoms with Crippen LogP contribution in [-0.2, 0) is 4.79 Å². The summed E-state index contributed by atoms with van der Waals surface area (Å²) in [7, 11) is 0. The molecule has 1 saturated carbocycles. The van der Waals surface area contributed by atoms with E-state index in [9.17, 15) is 4.79 Å². The van der Waals surface area contributed by atoms with Crippen molar-refractivity contribution in [1.82, 2.24) is 5.32 Å². The van der Waals surface area contributed by atoms with Crippen LogP contribution in [0.1, 0.15) is 32.6 Å². The van der Waals surface area contributed by atoms with Crippen LogP contribution in [0.25, 0.3) is 0 Å². The summed E-state index contributed by atoms with van der Waals surface area (Å²) in [6.45, 7) is 7.71. The minimum absolute atomic E-state index is 0.0950. The van der Waals surface area contributed by atoms with Crippen molar-refractivity contribution < 1.29 is 9.90 Å². The van der Waals surface area contributed by atoms with E-state index in [0.717, 1.165) is 44.3 Å². The number of carbonyl (C=O) groups is 1. The van der Waals surface area contributed by atoms with Crippen molar-refractivity contribution in [3.63, 3.8) is 0 Å². The molecule has 3 heteroatoms. The van der Waals surface area contributed by atoms with Crippen molar-refractivity contribution in [2.75, 3.05) is 13.1 Å². The molecule has 0 heterocycles. The molecule has 0 aromatic carbocycles. The van der Waals surface area contributed by atoms with E-state index in [0.29, 0.717) is 5.92 Å². The molecular weight excluding hydrogens is 190 g/mol. The van der Waals surface area contributed by atoms with Gasteiger partial charge < -0.3 is 10.4 Å². The third-order valence-corrected chi connectivity index (χ3v) is 3.06. The van der Waals surface area contributed by atoms with Crippen molar-refractivity contribution in [3.05, 3.63) is 12.2 Å². The Morgan fingerprint density at radius 3 is 2.47 bits per heavy atom. The molecule has 1 aliphatic rings. The summed E-state index contributed by atoms with van der Waals surface area (Å²) in [5.74, 6) is -0.0642. The Morgan fingerprint density at radius 1 is 1.40 bits per heavy atom. The van der Waals surface area contributed by atoms with E-state index < -0.39 is 5.97 Å². The van der Waals surface area contributed by atoms with Gasteiger partial charge in [-0.3, -0.25) is 4.79 Å². The molecule has 0 saturated heterocycles. The highest BCUT2D eigenvalue weighted by Gasteiger charge is 2.25. The molecule has 0 amide bonds. The number of hydrogen-bond donors (Lipinski definition) is 2. The fraction of sp³-hybridized carbons (Fsp3) is 0.750. The fourth-order valence-electron chi connectivity index (χ4n) is 2.10. The lowest BCUT2D eigenvalue weighted by molar-refractivity contribution is -0.143. The summed E-state index contributed by atoms with van der Waals surface area (Å²) in [4.78, 5) is 10.7. The normalized spacial score (nSPS) is 26.2. The number of nitrogens with one attached hydrogen (secondary N) is 1. The quantitative estimate of drug-likeness (QED) is 0.684. The lowest BCUT2D eigenvalue weighted by atomic mass is 9.82. The monoisotopic (exact) mass is 211 g/mol. The second-order valence-corrected chi connectivity index (χ2v) is 4.64. The van der Waals surface area contributed by atoms with Gasteiger partial charge in [0.25, 0.3) is 0 Å². The predicted molar refractivity (Wildman–Crippen MR) is 60.8 cm³/mol. The molecule has 0 unspecified atom stereocenters. The molecule has 86 valence electrons. The number of hydrogen-bond acceptors (Lipinski definition) is 2. The van der Waals surface area contributed by atoms with Crippen LogP contribution < -0.4 is 5.32 Å². The van der Waals surface area contributed by atoms with Gasteiger partial charge in [-0.05, 0) is 45.1 Å². The maximum atomic E-state index is 10.7. The fourth-order valence-corrected chi connectivity index (χ4v) is 2.10. The molecule has 0 aromatic rings. The van der Waals surface area contributed by atoms with E-state index in [1.54, 1.807) is 0 Å². The predicted octanol–water partition coefficient (Wildman–Crippen LogP) is 2.04. The van der Waals surface area contributed by atoms with E-state index in [1.165, 1.54) is 0 Å². The summed E-state index contributed by atoms with van der Waals surface area (Å²) < 4.78 is 0. The molecule has 1 aliphatic carbocycles. The second-order valence-electron chi connectivity index (χ2n) is 4.64. The Hall–Kier alpha value is -0.830. The topological polar surface area (TPSA) is 49.3 Å². The van der Waals surface area contributed by atoms with Crippen molar-refractivity contribution in [3.8, 4) is 0 Å². The maximum absolute atomic E-state index is 10.7. The summed E-state index contributed by atoms with van der Waals surface area (Å²) >= 11 is 0. The summed E-state index contributed by atoms with van der Waals surface area (Å²) in [6, 6.07) is 0. The highest BCUT2D eigenvalue weighted by atomic mass is 16.4. The van der Waals surface area contributed by atoms with E-state index in [-0.39, 0.29) is 5.92 Å². The van der Waals surface area contributed by atoms with Crippen LogP contribution in [0.15, 0.2) is 12.2 Å². The SMILES string of the molecule is C=C(C)CNCC1CCC(C(=O)O)CC1. The van der Waals surface area contributed by atoms with Gasteiger partial charge in [0, 0.05) is 6.54 Å². The molecule has 0 radical (unpaired) electrons. The molecule has 15 heavy (non-hydrogen) atoms. The zero-order chi connectivity index (χ0) is 11.3. The van der Waals surface area contributed by atoms with Crippen LogP contribution in [0.3, 0.4) is 0 Å². The van der Waals surface area contributed by atoms with E-state index in [4.69, 9.17) is 5.11 Å². The average Bonchev–Trinajstić information content (AvgIpc) is 2.18. The second kappa shape index (κ2) is 5.91. The van der Waals surface area contributed by atoms with Crippen LogP contribution in [-0.4, -0.2) is 24.2 Å². The molecular formula is C12H21NO2. The van der Waals surface area contributed by atoms with Gasteiger partial charge in [-0.25, -0.2) is 0 Å². The number of rotatable bonds is 5. The maximum Gasteiger partial charge on any atom is 0.306 e. The van der Waals surface area contributed by atoms with Gasteiger partial charge in [0.05, 0.1) is 5.92 Å². The molecule has 2 N–H and O–H groups in total. The Bertz CT molecular complexity index is 227. The minimum Gasteiger partial charge on any atom is -0.481 e. The largest absolute Gasteiger partial charge is 0.481 e. The van der Waals surface area contributed by atoms with Gasteiger partial charge in [-0.2, -0.15) is 0 Å². The minimum atomic E-state index is -0.622. The average molecular weight is 211 g/mol. The third kappa shape index (κ3) is 4.47. The molecule has 0 aromatic heterocycles. The van der Waals surface area contributed by atoms with E-state index in [2.05, 4.69) is 11.9 Å². The Balaban J connectivity index is 2.14. The van der Waals surface area contributed by atoms with Gasteiger partial charge in [0.2, 0.25) is 0 Å². The highest BCUT2D eigenvalue weighted by Crippen LogP contribution is 2.28. The van der Waals surface area contributed by atoms with Crippen molar-refractivity contribution in [2.24, 2.45) is 11.8 Å². The number of aliphatic carboxylic acids is 1. The smallest absolute Gasteiger partial charge is 0.306 e. The number of carboxylic acids is 1. The molecule has 0 atom stereocenters. The van der Waals surface area contributed by atoms with Crippen LogP contribution in [0.4, 0.5) is 0 Å². The first-order chi connectivity index (χ1) is 7.09. The molecule has 1 rings (SSSR count). The summed E-state index contributed by atoms with van der Waals surface area (Å²) in [5.41, 5.74) is 1.15. The zero-order valence-electron chi connectivity index (χ0n) is 9.46. The molecule has 3 nitrogen and oxygen atoms in total. The molecule has 1 fully saturated rings. The first-order valence-electron chi connectivity index (χ1n) is 5.67. The van der Waals surface area contributed by atoms with E-state index >= 15 is 0 Å². The Kier molecular flexibility index (Phi) is 4.82. The standard InChI is InChI=1S/C12H21NO2/c1-9(2)7-13-8-10-3-5-11(6-4-10)12(14)15/h10-11,13H,1,3-8H2,2H3,(H,14,15). The van der Waals surface area contributed by atoms with Crippen LogP contribution in [0.2, 0.25) is 0 Å². The lowest BCUT2D eigenvalue weighted by Crippen LogP contribution is -2.29. The molecule has 0 bridgehead atoms. The van der Waals surface area contributed by atoms with Gasteiger partial charge >= 0.3 is 5.97 Å². The van der Waals surface area contributed by atoms with Crippen molar-refractivity contribution in [1.29, 1.82) is 0 Å². The zero-order valence-corrected chi connectivity index (χ0v) is 9.46. The third-order valence-electron chi connectivity index (χ3n) is 3.06. The first kappa shape index (κ1) is 12.2. The van der Waals surface area contributed by atoms with Gasteiger partial charge in [-0.15, -0.1) is 0 Å². The van der Waals surface area contributed by atoms with Crippen LogP contribution in [0.5, 0.6) is 0 Å². The van der Waals surface area contributed by atoms with Crippen LogP contribution >= 0.6 is 0 Å². The highest BCUT2D eigenvalue weighted by molar-refractivity contribution is 5.69. The van der Waals surface area contributed by atoms with Gasteiger partial charge in [0.1, 0.15) is 0 Å². The summed E-state index contributed by atoms with van der Waals surface area (Å²) in [6.07, 6.45) is 3.77. The van der Waals surface area contributed by atoms with Crippen molar-refractivity contribution in [2.45, 2.75) is 32.6 Å². The van der Waals surface area contributed by atoms with Gasteiger partial charge in [0.15, 0.2) is 0 Å². The Labute approximate surface area is 91.6 Å². The van der Waals surface area contributed by atoms with Gasteiger partial charge in [-0.1, -0.05) is 12.2 Å². The van der Waals surface area contributed by atoms with Crippen molar-refractivity contribution >= 4 is 5.97 Å². The Morgan fingerprint density at radius 2 is 2.00 bits per heavy atom. The van der Waals surface area contributed by atoms with Crippen LogP contribution in [0, 0.1) is 11.8 Å². The summed E-state index contributed by atoms with van der Waals surface area (Å²) in [5, 5.41) is 12.2.